The molecule has 1 aliphatic heterocycles. The Morgan fingerprint density at radius 3 is 2.50 bits per heavy atom. The highest BCUT2D eigenvalue weighted by atomic mass is 32.2. The fourth-order valence-corrected chi connectivity index (χ4v) is 3.44. The molecule has 0 amide bonds. The summed E-state index contributed by atoms with van der Waals surface area (Å²) in [7, 11) is 1.72. The van der Waals surface area contributed by atoms with Gasteiger partial charge >= 0.3 is 0 Å². The van der Waals surface area contributed by atoms with Crippen molar-refractivity contribution in [3.8, 4) is 0 Å². The fourth-order valence-electron chi connectivity index (χ4n) is 2.05. The second-order valence-corrected chi connectivity index (χ2v) is 5.87. The molecule has 1 aromatic carbocycles. The van der Waals surface area contributed by atoms with E-state index in [0.29, 0.717) is 0 Å². The van der Waals surface area contributed by atoms with Crippen LogP contribution in [0, 0.1) is 11.6 Å². The minimum absolute atomic E-state index is 0.00146. The van der Waals surface area contributed by atoms with Gasteiger partial charge in [0.25, 0.3) is 0 Å². The van der Waals surface area contributed by atoms with Crippen molar-refractivity contribution in [2.45, 2.75) is 12.5 Å². The minimum atomic E-state index is -0.614. The lowest BCUT2D eigenvalue weighted by Gasteiger charge is -2.27. The van der Waals surface area contributed by atoms with Crippen LogP contribution in [-0.2, 0) is 0 Å². The zero-order valence-electron chi connectivity index (χ0n) is 9.95. The van der Waals surface area contributed by atoms with Gasteiger partial charge in [-0.1, -0.05) is 12.2 Å². The Labute approximate surface area is 115 Å². The summed E-state index contributed by atoms with van der Waals surface area (Å²) in [5, 5.41) is 0. The van der Waals surface area contributed by atoms with Crippen LogP contribution in [0.4, 0.5) is 14.5 Å². The largest absolute Gasteiger partial charge is 0.389 e. The molecule has 98 valence electrons. The Kier molecular flexibility index (Phi) is 4.07. The van der Waals surface area contributed by atoms with Gasteiger partial charge in [-0.2, -0.15) is 11.8 Å². The minimum Gasteiger partial charge on any atom is -0.389 e. The number of hydrogen-bond acceptors (Lipinski definition) is 3. The second-order valence-electron chi connectivity index (χ2n) is 4.28. The van der Waals surface area contributed by atoms with E-state index in [0.717, 1.165) is 17.9 Å². The number of thiocarbonyl (C=S) groups is 1. The summed E-state index contributed by atoms with van der Waals surface area (Å²) in [5.41, 5.74) is 5.60. The van der Waals surface area contributed by atoms with Crippen LogP contribution in [-0.4, -0.2) is 29.6 Å². The number of thioether (sulfide) groups is 1. The summed E-state index contributed by atoms with van der Waals surface area (Å²) in [5.74, 6) is 0.699. The van der Waals surface area contributed by atoms with E-state index >= 15 is 0 Å². The van der Waals surface area contributed by atoms with E-state index in [1.165, 1.54) is 12.1 Å². The lowest BCUT2D eigenvalue weighted by molar-refractivity contribution is 0.562. The van der Waals surface area contributed by atoms with Crippen molar-refractivity contribution in [1.29, 1.82) is 0 Å². The molecule has 1 aromatic rings. The highest BCUT2D eigenvalue weighted by molar-refractivity contribution is 7.99. The predicted octanol–water partition coefficient (Wildman–Crippen LogP) is 2.54. The van der Waals surface area contributed by atoms with Gasteiger partial charge in [-0.15, -0.1) is 0 Å². The molecule has 0 radical (unpaired) electrons. The number of anilines is 1. The molecule has 0 aliphatic carbocycles. The summed E-state index contributed by atoms with van der Waals surface area (Å²) in [6.45, 7) is 0. The van der Waals surface area contributed by atoms with Crippen LogP contribution in [0.5, 0.6) is 0 Å². The van der Waals surface area contributed by atoms with Crippen LogP contribution < -0.4 is 10.6 Å². The van der Waals surface area contributed by atoms with E-state index in [-0.39, 0.29) is 22.3 Å². The highest BCUT2D eigenvalue weighted by Crippen LogP contribution is 2.30. The van der Waals surface area contributed by atoms with E-state index in [4.69, 9.17) is 18.0 Å². The van der Waals surface area contributed by atoms with Gasteiger partial charge < -0.3 is 10.6 Å². The van der Waals surface area contributed by atoms with E-state index < -0.39 is 11.6 Å². The van der Waals surface area contributed by atoms with Crippen LogP contribution in [0.15, 0.2) is 12.1 Å². The lowest BCUT2D eigenvalue weighted by atomic mass is 10.1. The molecule has 1 saturated heterocycles. The molecule has 2 nitrogen and oxygen atoms in total. The third-order valence-corrected chi connectivity index (χ3v) is 4.49. The summed E-state index contributed by atoms with van der Waals surface area (Å²) in [6, 6.07) is 2.56. The van der Waals surface area contributed by atoms with Crippen LogP contribution in [0.1, 0.15) is 12.0 Å². The highest BCUT2D eigenvalue weighted by Gasteiger charge is 2.25. The number of halogens is 2. The summed E-state index contributed by atoms with van der Waals surface area (Å²) in [4.78, 5) is 1.67. The Morgan fingerprint density at radius 1 is 1.44 bits per heavy atom. The molecule has 1 unspecified atom stereocenters. The standard InChI is InChI=1S/C12H14F2N2S2/c1-16(8-2-3-18-6-8)11-9(13)4-7(12(15)17)5-10(11)14/h4-5,8H,2-3,6H2,1H3,(H2,15,17). The quantitative estimate of drug-likeness (QED) is 0.866. The number of nitrogens with zero attached hydrogens (tertiary/aromatic N) is 1. The van der Waals surface area contributed by atoms with Crippen molar-refractivity contribution in [3.63, 3.8) is 0 Å². The first-order chi connectivity index (χ1) is 8.50. The summed E-state index contributed by atoms with van der Waals surface area (Å²) >= 11 is 6.52. The molecule has 1 fully saturated rings. The third kappa shape index (κ3) is 2.59. The Bertz CT molecular complexity index is 450. The second kappa shape index (κ2) is 5.40. The Hall–Kier alpha value is -0.880. The van der Waals surface area contributed by atoms with Gasteiger partial charge in [0.2, 0.25) is 0 Å². The van der Waals surface area contributed by atoms with Gasteiger partial charge in [-0.3, -0.25) is 0 Å². The zero-order valence-corrected chi connectivity index (χ0v) is 11.6. The average molecular weight is 288 g/mol. The van der Waals surface area contributed by atoms with Crippen molar-refractivity contribution in [2.75, 3.05) is 23.5 Å². The van der Waals surface area contributed by atoms with Gasteiger partial charge in [0, 0.05) is 24.4 Å². The van der Waals surface area contributed by atoms with Crippen LogP contribution >= 0.6 is 24.0 Å². The lowest BCUT2D eigenvalue weighted by Crippen LogP contribution is -2.33. The molecule has 1 aliphatic rings. The van der Waals surface area contributed by atoms with Gasteiger partial charge in [0.1, 0.15) is 22.3 Å². The molecule has 0 bridgehead atoms. The molecule has 1 heterocycles. The van der Waals surface area contributed by atoms with Crippen LogP contribution in [0.2, 0.25) is 0 Å². The molecule has 0 saturated carbocycles. The number of nitrogens with two attached hydrogens (primary N) is 1. The van der Waals surface area contributed by atoms with Crippen molar-refractivity contribution in [2.24, 2.45) is 5.73 Å². The van der Waals surface area contributed by atoms with Gasteiger partial charge in [-0.05, 0) is 24.3 Å². The zero-order chi connectivity index (χ0) is 13.3. The normalized spacial score (nSPS) is 18.9. The maximum atomic E-state index is 14.0. The van der Waals surface area contributed by atoms with E-state index in [1.54, 1.807) is 23.7 Å². The molecule has 18 heavy (non-hydrogen) atoms. The molecular formula is C12H14F2N2S2. The molecular weight excluding hydrogens is 274 g/mol. The van der Waals surface area contributed by atoms with Crippen molar-refractivity contribution >= 4 is 34.7 Å². The number of benzene rings is 1. The topological polar surface area (TPSA) is 29.3 Å². The van der Waals surface area contributed by atoms with Crippen molar-refractivity contribution in [3.05, 3.63) is 29.3 Å². The fraction of sp³-hybridized carbons (Fsp3) is 0.417. The van der Waals surface area contributed by atoms with Crippen LogP contribution in [0.3, 0.4) is 0 Å². The molecule has 0 spiro atoms. The Morgan fingerprint density at radius 2 is 2.06 bits per heavy atom. The first-order valence-electron chi connectivity index (χ1n) is 5.60. The monoisotopic (exact) mass is 288 g/mol. The molecule has 2 rings (SSSR count). The number of rotatable bonds is 3. The smallest absolute Gasteiger partial charge is 0.150 e. The maximum absolute atomic E-state index is 14.0. The van der Waals surface area contributed by atoms with Gasteiger partial charge in [0.15, 0.2) is 0 Å². The molecule has 2 N–H and O–H groups in total. The van der Waals surface area contributed by atoms with Gasteiger partial charge in [-0.25, -0.2) is 8.78 Å². The molecule has 1 atom stereocenters. The van der Waals surface area contributed by atoms with Crippen molar-refractivity contribution < 1.29 is 8.78 Å². The molecule has 6 heteroatoms. The van der Waals surface area contributed by atoms with E-state index in [1.807, 2.05) is 0 Å². The van der Waals surface area contributed by atoms with E-state index in [9.17, 15) is 8.78 Å². The molecule has 0 aromatic heterocycles. The third-order valence-electron chi connectivity index (χ3n) is 3.11. The summed E-state index contributed by atoms with van der Waals surface area (Å²) in [6.07, 6.45) is 0.942. The number of hydrogen-bond donors (Lipinski definition) is 1. The maximum Gasteiger partial charge on any atom is 0.150 e. The predicted molar refractivity (Wildman–Crippen MR) is 76.4 cm³/mol. The SMILES string of the molecule is CN(c1c(F)cc(C(N)=S)cc1F)C1CCSC1. The summed E-state index contributed by atoms with van der Waals surface area (Å²) < 4.78 is 27.9. The average Bonchev–Trinajstić information content (AvgIpc) is 2.80. The van der Waals surface area contributed by atoms with Gasteiger partial charge in [0.05, 0.1) is 0 Å². The van der Waals surface area contributed by atoms with E-state index in [2.05, 4.69) is 0 Å². The Balaban J connectivity index is 2.35. The van der Waals surface area contributed by atoms with Crippen LogP contribution in [0.25, 0.3) is 0 Å². The first kappa shape index (κ1) is 13.5. The first-order valence-corrected chi connectivity index (χ1v) is 7.16. The van der Waals surface area contributed by atoms with Crippen molar-refractivity contribution in [1.82, 2.24) is 0 Å².